The molecule has 0 saturated heterocycles. The molecule has 0 fully saturated rings. The van der Waals surface area contributed by atoms with Crippen LogP contribution in [0, 0.1) is 0 Å². The fourth-order valence-electron chi connectivity index (χ4n) is 3.23. The van der Waals surface area contributed by atoms with Gasteiger partial charge in [-0.15, -0.1) is 0 Å². The Morgan fingerprint density at radius 2 is 1.29 bits per heavy atom. The molecule has 0 bridgehead atoms. The van der Waals surface area contributed by atoms with E-state index < -0.39 is 14.5 Å². The minimum Gasteiger partial charge on any atom is -0.642 e. The molecule has 0 unspecified atom stereocenters. The molecular weight excluding hydrogens is 307 g/mol. The molecule has 1 nitrogen and oxygen atoms in total. The van der Waals surface area contributed by atoms with E-state index in [-0.39, 0.29) is 0 Å². The first-order valence-electron chi connectivity index (χ1n) is 10.6. The number of hydrogen-bond donors (Lipinski definition) is 0. The highest BCUT2D eigenvalue weighted by molar-refractivity contribution is 6.52. The third-order valence-corrected chi connectivity index (χ3v) is 7.52. The third kappa shape index (κ3) is 9.75. The van der Waals surface area contributed by atoms with Crippen LogP contribution in [0.4, 0.5) is 0 Å². The van der Waals surface area contributed by atoms with Crippen LogP contribution in [0.25, 0.3) is 0 Å². The maximum atomic E-state index is 6.58. The largest absolute Gasteiger partial charge is 0.642 e. The number of aryl methyl sites for hydroxylation is 1. The van der Waals surface area contributed by atoms with Crippen molar-refractivity contribution in [3.8, 4) is 5.75 Å². The summed E-state index contributed by atoms with van der Waals surface area (Å²) in [4.78, 5) is 0. The van der Waals surface area contributed by atoms with Crippen molar-refractivity contribution in [3.63, 3.8) is 0 Å². The second-order valence-electron chi connectivity index (χ2n) is 7.15. The van der Waals surface area contributed by atoms with Crippen molar-refractivity contribution in [2.75, 3.05) is 0 Å². The smallest absolute Gasteiger partial charge is 0.546 e. The summed E-state index contributed by atoms with van der Waals surface area (Å²) in [6.45, 7) is 6.86. The average Bonchev–Trinajstić information content (AvgIpc) is 2.61. The Hall–Kier alpha value is -0.448. The van der Waals surface area contributed by atoms with Gasteiger partial charge < -0.3 is 3.79 Å². The van der Waals surface area contributed by atoms with E-state index in [1.165, 1.54) is 92.5 Å². The van der Waals surface area contributed by atoms with Gasteiger partial charge in [0.2, 0.25) is 0 Å². The van der Waals surface area contributed by atoms with Crippen LogP contribution in [0.5, 0.6) is 5.75 Å². The molecule has 0 amide bonds. The van der Waals surface area contributed by atoms with E-state index in [1.54, 1.807) is 0 Å². The van der Waals surface area contributed by atoms with E-state index in [0.29, 0.717) is 0 Å². The molecule has 2 heteroatoms. The number of unbranched alkanes of at least 4 members (excludes halogenated alkanes) is 7. The van der Waals surface area contributed by atoms with Crippen molar-refractivity contribution in [1.82, 2.24) is 0 Å². The van der Waals surface area contributed by atoms with Gasteiger partial charge in [-0.1, -0.05) is 107 Å². The zero-order valence-corrected chi connectivity index (χ0v) is 17.6. The standard InChI is InChI=1S/C14H22O.2C4H9.Al/c1-2-3-4-5-6-7-10-13-11-8-9-12-14(13)15;2*1-3-4-2;/h8-9,11-12,15H,2-7,10H2,1H3;2*1,3-4H2,2H3;/q;;;+1/p-1. The molecule has 0 heterocycles. The molecule has 0 spiro atoms. The summed E-state index contributed by atoms with van der Waals surface area (Å²) in [5, 5.41) is 2.67. The zero-order chi connectivity index (χ0) is 17.5. The monoisotopic (exact) mass is 346 g/mol. The molecule has 0 N–H and O–H groups in total. The molecule has 0 atom stereocenters. The Balaban J connectivity index is 2.49. The van der Waals surface area contributed by atoms with Crippen molar-refractivity contribution < 1.29 is 3.79 Å². The van der Waals surface area contributed by atoms with Crippen molar-refractivity contribution in [2.45, 2.75) is 102 Å². The summed E-state index contributed by atoms with van der Waals surface area (Å²) in [6, 6.07) is 8.82. The van der Waals surface area contributed by atoms with E-state index >= 15 is 0 Å². The fourth-order valence-corrected chi connectivity index (χ4v) is 6.07. The highest BCUT2D eigenvalue weighted by Gasteiger charge is 2.22. The summed E-state index contributed by atoms with van der Waals surface area (Å²) in [5.41, 5.74) is 1.44. The van der Waals surface area contributed by atoms with Crippen LogP contribution in [0.2, 0.25) is 10.6 Å². The van der Waals surface area contributed by atoms with Gasteiger partial charge >= 0.3 is 14.5 Å². The van der Waals surface area contributed by atoms with Gasteiger partial charge in [-0.2, -0.15) is 0 Å². The molecule has 24 heavy (non-hydrogen) atoms. The van der Waals surface area contributed by atoms with Gasteiger partial charge in [-0.25, -0.2) is 0 Å². The van der Waals surface area contributed by atoms with Crippen LogP contribution in [-0.2, 0) is 6.42 Å². The highest BCUT2D eigenvalue weighted by atomic mass is 27.2. The van der Waals surface area contributed by atoms with Crippen molar-refractivity contribution in [2.24, 2.45) is 0 Å². The predicted octanol–water partition coefficient (Wildman–Crippen LogP) is 7.56. The summed E-state index contributed by atoms with van der Waals surface area (Å²) in [5.74, 6) is 1.20. The van der Waals surface area contributed by atoms with Crippen molar-refractivity contribution in [1.29, 1.82) is 0 Å². The van der Waals surface area contributed by atoms with Gasteiger partial charge in [0.05, 0.1) is 5.75 Å². The highest BCUT2D eigenvalue weighted by Crippen LogP contribution is 2.24. The first-order chi connectivity index (χ1) is 11.8. The van der Waals surface area contributed by atoms with Gasteiger partial charge in [-0.05, 0) is 24.5 Å². The van der Waals surface area contributed by atoms with Crippen molar-refractivity contribution in [3.05, 3.63) is 29.8 Å². The van der Waals surface area contributed by atoms with Gasteiger partial charge in [-0.3, -0.25) is 0 Å². The molecule has 0 aliphatic heterocycles. The Morgan fingerprint density at radius 1 is 0.708 bits per heavy atom. The summed E-state index contributed by atoms with van der Waals surface area (Å²) < 4.78 is 6.58. The van der Waals surface area contributed by atoms with E-state index in [1.807, 2.05) is 0 Å². The molecule has 0 saturated carbocycles. The Bertz CT molecular complexity index is 397. The number of hydrogen-bond acceptors (Lipinski definition) is 1. The minimum atomic E-state index is -1.08. The van der Waals surface area contributed by atoms with Crippen LogP contribution in [0.15, 0.2) is 24.3 Å². The first kappa shape index (κ1) is 21.6. The second-order valence-corrected chi connectivity index (χ2v) is 9.78. The molecule has 0 radical (unpaired) electrons. The lowest BCUT2D eigenvalue weighted by Gasteiger charge is -2.18. The quantitative estimate of drug-likeness (QED) is 0.235. The van der Waals surface area contributed by atoms with Crippen LogP contribution < -0.4 is 3.79 Å². The molecule has 1 aromatic carbocycles. The topological polar surface area (TPSA) is 9.23 Å². The maximum absolute atomic E-state index is 6.58. The van der Waals surface area contributed by atoms with Crippen LogP contribution in [0.3, 0.4) is 0 Å². The predicted molar refractivity (Wildman–Crippen MR) is 109 cm³/mol. The number of para-hydroxylation sites is 1. The second kappa shape index (κ2) is 14.9. The third-order valence-electron chi connectivity index (χ3n) is 4.83. The lowest BCUT2D eigenvalue weighted by Crippen LogP contribution is -2.22. The molecule has 0 aromatic heterocycles. The number of benzene rings is 1. The normalized spacial score (nSPS) is 10.8. The van der Waals surface area contributed by atoms with Crippen molar-refractivity contribution >= 4 is 14.5 Å². The Labute approximate surface area is 155 Å². The van der Waals surface area contributed by atoms with E-state index in [2.05, 4.69) is 45.0 Å². The lowest BCUT2D eigenvalue weighted by atomic mass is 10.0. The maximum Gasteiger partial charge on any atom is 0.546 e. The van der Waals surface area contributed by atoms with E-state index in [4.69, 9.17) is 3.79 Å². The van der Waals surface area contributed by atoms with Gasteiger partial charge in [0.1, 0.15) is 0 Å². The van der Waals surface area contributed by atoms with E-state index in [0.717, 1.165) is 0 Å². The van der Waals surface area contributed by atoms with Crippen LogP contribution in [-0.4, -0.2) is 14.5 Å². The Morgan fingerprint density at radius 3 is 1.96 bits per heavy atom. The van der Waals surface area contributed by atoms with Gasteiger partial charge in [0.25, 0.3) is 0 Å². The molecule has 136 valence electrons. The molecular formula is C22H39AlO. The van der Waals surface area contributed by atoms with Crippen LogP contribution >= 0.6 is 0 Å². The minimum absolute atomic E-state index is 1.08. The molecule has 1 rings (SSSR count). The molecule has 0 aliphatic rings. The lowest BCUT2D eigenvalue weighted by molar-refractivity contribution is 0.539. The molecule has 0 aliphatic carbocycles. The van der Waals surface area contributed by atoms with Crippen LogP contribution in [0.1, 0.15) is 90.5 Å². The first-order valence-corrected chi connectivity index (χ1v) is 12.7. The SMILES string of the molecule is CCCCCCCCc1ccccc1[O][Al]([CH2]CCC)[CH2]CCC. The summed E-state index contributed by atoms with van der Waals surface area (Å²) in [6.07, 6.45) is 14.6. The average molecular weight is 347 g/mol. The molecule has 1 aromatic rings. The van der Waals surface area contributed by atoms with Gasteiger partial charge in [0.15, 0.2) is 0 Å². The summed E-state index contributed by atoms with van der Waals surface area (Å²) >= 11 is -1.08. The number of rotatable bonds is 15. The van der Waals surface area contributed by atoms with E-state index in [9.17, 15) is 0 Å². The Kier molecular flexibility index (Phi) is 13.4. The van der Waals surface area contributed by atoms with Gasteiger partial charge in [0, 0.05) is 0 Å². The zero-order valence-electron chi connectivity index (χ0n) is 16.5. The fraction of sp³-hybridized carbons (Fsp3) is 0.727. The summed E-state index contributed by atoms with van der Waals surface area (Å²) in [7, 11) is 0.